The fraction of sp³-hybridized carbons (Fsp3) is 0.393. The smallest absolute Gasteiger partial charge is 0.225 e. The minimum atomic E-state index is -0.719. The molecule has 200 valence electrons. The van der Waals surface area contributed by atoms with Crippen LogP contribution < -0.4 is 20.1 Å². The number of hydrogen-bond donors (Lipinski definition) is 3. The molecule has 1 aliphatic rings. The molecule has 0 aliphatic heterocycles. The maximum atomic E-state index is 14.4. The number of methoxy groups -OCH3 is 2. The first kappa shape index (κ1) is 26.1. The number of hydrogen-bond acceptors (Lipinski definition) is 9. The predicted molar refractivity (Wildman–Crippen MR) is 148 cm³/mol. The van der Waals surface area contributed by atoms with Crippen LogP contribution in [0.5, 0.6) is 11.5 Å². The van der Waals surface area contributed by atoms with Gasteiger partial charge in [-0.1, -0.05) is 12.1 Å². The van der Waals surface area contributed by atoms with Gasteiger partial charge in [0.1, 0.15) is 24.0 Å². The second-order valence-electron chi connectivity index (χ2n) is 9.48. The Morgan fingerprint density at radius 1 is 1.05 bits per heavy atom. The molecule has 2 aromatic carbocycles. The van der Waals surface area contributed by atoms with Crippen molar-refractivity contribution in [3.63, 3.8) is 0 Å². The summed E-state index contributed by atoms with van der Waals surface area (Å²) in [4.78, 5) is 14.1. The van der Waals surface area contributed by atoms with Gasteiger partial charge >= 0.3 is 0 Å². The highest BCUT2D eigenvalue weighted by atomic mass is 32.1. The molecule has 4 aromatic rings. The van der Waals surface area contributed by atoms with Crippen LogP contribution in [-0.2, 0) is 19.6 Å². The highest BCUT2D eigenvalue weighted by Gasteiger charge is 2.26. The van der Waals surface area contributed by atoms with Crippen LogP contribution in [0.2, 0.25) is 0 Å². The highest BCUT2D eigenvalue weighted by molar-refractivity contribution is 7.18. The fourth-order valence-electron chi connectivity index (χ4n) is 4.89. The SMILES string of the molecule is COc1cc(CNc2nc(CF)c(Cc3nc4ccccc4s3)c(NC3CCC(CO)C3)n2)cc(OC)c1. The van der Waals surface area contributed by atoms with Crippen LogP contribution in [0.4, 0.5) is 16.2 Å². The van der Waals surface area contributed by atoms with Crippen molar-refractivity contribution >= 4 is 33.3 Å². The van der Waals surface area contributed by atoms with Crippen LogP contribution in [0.3, 0.4) is 0 Å². The monoisotopic (exact) mass is 537 g/mol. The van der Waals surface area contributed by atoms with Gasteiger partial charge in [0.05, 0.1) is 35.1 Å². The summed E-state index contributed by atoms with van der Waals surface area (Å²) in [5.74, 6) is 2.58. The van der Waals surface area contributed by atoms with Crippen LogP contribution in [0, 0.1) is 5.92 Å². The number of halogens is 1. The van der Waals surface area contributed by atoms with Crippen LogP contribution in [-0.4, -0.2) is 46.9 Å². The molecule has 2 aromatic heterocycles. The third-order valence-corrected chi connectivity index (χ3v) is 7.92. The summed E-state index contributed by atoms with van der Waals surface area (Å²) in [7, 11) is 3.21. The number of benzene rings is 2. The number of nitrogens with one attached hydrogen (secondary N) is 2. The molecule has 2 atom stereocenters. The van der Waals surface area contributed by atoms with E-state index in [4.69, 9.17) is 19.4 Å². The maximum Gasteiger partial charge on any atom is 0.225 e. The summed E-state index contributed by atoms with van der Waals surface area (Å²) in [6, 6.07) is 13.7. The summed E-state index contributed by atoms with van der Waals surface area (Å²) in [6.45, 7) is -0.137. The van der Waals surface area contributed by atoms with E-state index < -0.39 is 6.67 Å². The van der Waals surface area contributed by atoms with Crippen LogP contribution in [0.1, 0.15) is 41.1 Å². The van der Waals surface area contributed by atoms with Gasteiger partial charge in [0.2, 0.25) is 5.95 Å². The Kier molecular flexibility index (Phi) is 8.19. The lowest BCUT2D eigenvalue weighted by Gasteiger charge is -2.19. The van der Waals surface area contributed by atoms with E-state index in [0.717, 1.165) is 40.1 Å². The number of alkyl halides is 1. The van der Waals surface area contributed by atoms with Gasteiger partial charge in [-0.3, -0.25) is 0 Å². The first-order valence-corrected chi connectivity index (χ1v) is 13.5. The van der Waals surface area contributed by atoms with E-state index in [2.05, 4.69) is 15.6 Å². The van der Waals surface area contributed by atoms with Gasteiger partial charge in [0.15, 0.2) is 0 Å². The quantitative estimate of drug-likeness (QED) is 0.235. The first-order chi connectivity index (χ1) is 18.6. The summed E-state index contributed by atoms with van der Waals surface area (Å²) in [5, 5.41) is 17.3. The van der Waals surface area contributed by atoms with E-state index in [-0.39, 0.29) is 18.6 Å². The molecule has 1 fully saturated rings. The average molecular weight is 538 g/mol. The molecule has 1 saturated carbocycles. The van der Waals surface area contributed by atoms with E-state index >= 15 is 0 Å². The van der Waals surface area contributed by atoms with Gasteiger partial charge in [0.25, 0.3) is 0 Å². The minimum absolute atomic E-state index is 0.152. The summed E-state index contributed by atoms with van der Waals surface area (Å²) < 4.78 is 26.2. The number of para-hydroxylation sites is 1. The molecule has 10 heteroatoms. The molecular formula is C28H32FN5O3S. The second-order valence-corrected chi connectivity index (χ2v) is 10.6. The zero-order chi connectivity index (χ0) is 26.5. The molecule has 0 amide bonds. The third-order valence-electron chi connectivity index (χ3n) is 6.89. The molecule has 1 aliphatic carbocycles. The number of nitrogens with zero attached hydrogens (tertiary/aromatic N) is 3. The van der Waals surface area contributed by atoms with E-state index in [1.54, 1.807) is 31.6 Å². The maximum absolute atomic E-state index is 14.4. The van der Waals surface area contributed by atoms with Gasteiger partial charge in [0, 0.05) is 37.2 Å². The number of aliphatic hydroxyl groups is 1. The Morgan fingerprint density at radius 3 is 2.53 bits per heavy atom. The zero-order valence-corrected chi connectivity index (χ0v) is 22.4. The van der Waals surface area contributed by atoms with Gasteiger partial charge in [-0.05, 0) is 55.0 Å². The van der Waals surface area contributed by atoms with E-state index in [9.17, 15) is 9.50 Å². The van der Waals surface area contributed by atoms with Crippen molar-refractivity contribution in [1.82, 2.24) is 15.0 Å². The third kappa shape index (κ3) is 5.97. The standard InChI is InChI=1S/C28H32FN5O3S/c1-36-20-10-18(11-21(12-20)37-2)15-30-28-33-24(14-29)22(13-26-32-23-5-3-4-6-25(23)38-26)27(34-28)31-19-8-7-17(9-19)16-35/h3-6,10-12,17,19,35H,7-9,13-16H2,1-2H3,(H2,30,31,33,34). The van der Waals surface area contributed by atoms with Crippen molar-refractivity contribution in [3.05, 3.63) is 64.3 Å². The van der Waals surface area contributed by atoms with Crippen LogP contribution >= 0.6 is 11.3 Å². The number of fused-ring (bicyclic) bond motifs is 1. The molecule has 0 radical (unpaired) electrons. The topological polar surface area (TPSA) is 101 Å². The number of aliphatic hydroxyl groups excluding tert-OH is 1. The normalized spacial score (nSPS) is 17.1. The Hall–Kier alpha value is -3.50. The zero-order valence-electron chi connectivity index (χ0n) is 21.5. The lowest BCUT2D eigenvalue weighted by atomic mass is 10.1. The van der Waals surface area contributed by atoms with E-state index in [0.29, 0.717) is 47.5 Å². The summed E-state index contributed by atoms with van der Waals surface area (Å²) >= 11 is 1.60. The highest BCUT2D eigenvalue weighted by Crippen LogP contribution is 2.32. The Morgan fingerprint density at radius 2 is 1.84 bits per heavy atom. The van der Waals surface area contributed by atoms with E-state index in [1.807, 2.05) is 36.4 Å². The van der Waals surface area contributed by atoms with Crippen molar-refractivity contribution in [3.8, 4) is 11.5 Å². The predicted octanol–water partition coefficient (Wildman–Crippen LogP) is 5.35. The molecule has 2 unspecified atom stereocenters. The number of anilines is 2. The fourth-order valence-corrected chi connectivity index (χ4v) is 5.87. The van der Waals surface area contributed by atoms with Crippen molar-refractivity contribution in [2.75, 3.05) is 31.5 Å². The number of thiazole rings is 1. The molecule has 2 heterocycles. The van der Waals surface area contributed by atoms with Crippen molar-refractivity contribution in [1.29, 1.82) is 0 Å². The van der Waals surface area contributed by atoms with Crippen LogP contribution in [0.15, 0.2) is 42.5 Å². The lowest BCUT2D eigenvalue weighted by molar-refractivity contribution is 0.229. The summed E-state index contributed by atoms with van der Waals surface area (Å²) in [5.41, 5.74) is 2.90. The molecule has 0 spiro atoms. The molecule has 38 heavy (non-hydrogen) atoms. The minimum Gasteiger partial charge on any atom is -0.497 e. The second kappa shape index (κ2) is 11.9. The molecule has 5 rings (SSSR count). The first-order valence-electron chi connectivity index (χ1n) is 12.7. The average Bonchev–Trinajstić information content (AvgIpc) is 3.58. The molecular weight excluding hydrogens is 505 g/mol. The molecule has 0 bridgehead atoms. The van der Waals surface area contributed by atoms with Gasteiger partial charge < -0.3 is 25.2 Å². The largest absolute Gasteiger partial charge is 0.497 e. The van der Waals surface area contributed by atoms with Gasteiger partial charge in [-0.25, -0.2) is 14.4 Å². The molecule has 8 nitrogen and oxygen atoms in total. The van der Waals surface area contributed by atoms with Crippen molar-refractivity contribution in [2.24, 2.45) is 5.92 Å². The van der Waals surface area contributed by atoms with Crippen LogP contribution in [0.25, 0.3) is 10.2 Å². The number of aromatic nitrogens is 3. The van der Waals surface area contributed by atoms with E-state index in [1.165, 1.54) is 0 Å². The number of ether oxygens (including phenoxy) is 2. The van der Waals surface area contributed by atoms with Gasteiger partial charge in [-0.15, -0.1) is 11.3 Å². The van der Waals surface area contributed by atoms with Gasteiger partial charge in [-0.2, -0.15) is 4.98 Å². The Labute approximate surface area is 225 Å². The lowest BCUT2D eigenvalue weighted by Crippen LogP contribution is -2.20. The summed E-state index contributed by atoms with van der Waals surface area (Å²) in [6.07, 6.45) is 3.15. The Balaban J connectivity index is 1.44. The molecule has 3 N–H and O–H groups in total. The molecule has 0 saturated heterocycles. The Bertz CT molecular complexity index is 1340. The van der Waals surface area contributed by atoms with Crippen molar-refractivity contribution < 1.29 is 19.0 Å². The number of rotatable bonds is 11. The van der Waals surface area contributed by atoms with Crippen molar-refractivity contribution in [2.45, 2.75) is 44.9 Å².